The summed E-state index contributed by atoms with van der Waals surface area (Å²) in [5.74, 6) is -0.433. The Kier molecular flexibility index (Phi) is 4.79. The average Bonchev–Trinajstić information content (AvgIpc) is 2.35. The second kappa shape index (κ2) is 5.89. The molecule has 4 nitrogen and oxygen atoms in total. The molecule has 1 aromatic rings. The van der Waals surface area contributed by atoms with Crippen LogP contribution < -0.4 is 0 Å². The third-order valence-corrected chi connectivity index (χ3v) is 2.61. The number of aliphatic hydroxyl groups excluding tert-OH is 2. The lowest BCUT2D eigenvalue weighted by atomic mass is 9.99. The lowest BCUT2D eigenvalue weighted by molar-refractivity contribution is 0.0317. The molecule has 88 valence electrons. The standard InChI is InChI=1S/C11H14O4S/c1-15-11(14)8-5-3-2-4-7(8)10(13)9(12)6-16/h2-5,9-10,12-13,16H,6H2,1H3. The summed E-state index contributed by atoms with van der Waals surface area (Å²) in [6.07, 6.45) is -2.16. The van der Waals surface area contributed by atoms with Gasteiger partial charge in [0.25, 0.3) is 0 Å². The molecule has 2 N–H and O–H groups in total. The molecule has 0 saturated carbocycles. The first-order chi connectivity index (χ1) is 7.61. The molecule has 1 aromatic carbocycles. The van der Waals surface area contributed by atoms with Crippen molar-refractivity contribution in [3.8, 4) is 0 Å². The number of hydrogen-bond acceptors (Lipinski definition) is 5. The maximum Gasteiger partial charge on any atom is 0.338 e. The van der Waals surface area contributed by atoms with Crippen LogP contribution in [0.25, 0.3) is 0 Å². The lowest BCUT2D eigenvalue weighted by Crippen LogP contribution is -2.22. The van der Waals surface area contributed by atoms with Crippen molar-refractivity contribution in [1.29, 1.82) is 0 Å². The molecule has 1 rings (SSSR count). The van der Waals surface area contributed by atoms with Crippen molar-refractivity contribution in [2.45, 2.75) is 12.2 Å². The van der Waals surface area contributed by atoms with Crippen LogP contribution in [0.5, 0.6) is 0 Å². The van der Waals surface area contributed by atoms with Gasteiger partial charge in [-0.05, 0) is 11.6 Å². The minimum atomic E-state index is -1.15. The van der Waals surface area contributed by atoms with Gasteiger partial charge in [-0.1, -0.05) is 18.2 Å². The van der Waals surface area contributed by atoms with Gasteiger partial charge in [0, 0.05) is 5.75 Å². The van der Waals surface area contributed by atoms with E-state index in [-0.39, 0.29) is 11.3 Å². The molecule has 0 spiro atoms. The Balaban J connectivity index is 3.08. The highest BCUT2D eigenvalue weighted by molar-refractivity contribution is 7.80. The summed E-state index contributed by atoms with van der Waals surface area (Å²) in [5.41, 5.74) is 0.592. The maximum absolute atomic E-state index is 11.4. The second-order valence-electron chi connectivity index (χ2n) is 3.27. The van der Waals surface area contributed by atoms with Gasteiger partial charge in [-0.25, -0.2) is 4.79 Å². The molecule has 0 aliphatic heterocycles. The van der Waals surface area contributed by atoms with Crippen molar-refractivity contribution >= 4 is 18.6 Å². The van der Waals surface area contributed by atoms with Crippen LogP contribution in [0.3, 0.4) is 0 Å². The summed E-state index contributed by atoms with van der Waals surface area (Å²) in [5, 5.41) is 19.3. The normalized spacial score (nSPS) is 14.2. The van der Waals surface area contributed by atoms with Gasteiger partial charge < -0.3 is 14.9 Å². The molecule has 0 fully saturated rings. The molecule has 2 atom stereocenters. The minimum absolute atomic E-state index is 0.108. The fraction of sp³-hybridized carbons (Fsp3) is 0.364. The van der Waals surface area contributed by atoms with Gasteiger partial charge in [0.1, 0.15) is 6.10 Å². The maximum atomic E-state index is 11.4. The van der Waals surface area contributed by atoms with Gasteiger partial charge in [-0.3, -0.25) is 0 Å². The quantitative estimate of drug-likeness (QED) is 0.539. The zero-order chi connectivity index (χ0) is 12.1. The molecule has 0 aromatic heterocycles. The van der Waals surface area contributed by atoms with E-state index in [9.17, 15) is 15.0 Å². The van der Waals surface area contributed by atoms with E-state index in [1.807, 2.05) is 0 Å². The number of ether oxygens (including phenoxy) is 1. The van der Waals surface area contributed by atoms with E-state index in [0.717, 1.165) is 0 Å². The van der Waals surface area contributed by atoms with Crippen molar-refractivity contribution in [3.63, 3.8) is 0 Å². The summed E-state index contributed by atoms with van der Waals surface area (Å²) in [7, 11) is 1.26. The van der Waals surface area contributed by atoms with E-state index in [1.165, 1.54) is 13.2 Å². The Hall–Kier alpha value is -1.04. The van der Waals surface area contributed by atoms with Crippen LogP contribution in [0, 0.1) is 0 Å². The highest BCUT2D eigenvalue weighted by atomic mass is 32.1. The van der Waals surface area contributed by atoms with Crippen molar-refractivity contribution in [2.24, 2.45) is 0 Å². The highest BCUT2D eigenvalue weighted by Crippen LogP contribution is 2.22. The Labute approximate surface area is 99.3 Å². The predicted octanol–water partition coefficient (Wildman–Crippen LogP) is 0.797. The average molecular weight is 242 g/mol. The molecule has 0 radical (unpaired) electrons. The number of benzene rings is 1. The van der Waals surface area contributed by atoms with Crippen LogP contribution in [-0.2, 0) is 4.74 Å². The fourth-order valence-electron chi connectivity index (χ4n) is 1.36. The van der Waals surface area contributed by atoms with Gasteiger partial charge in [-0.15, -0.1) is 0 Å². The Morgan fingerprint density at radius 1 is 1.44 bits per heavy atom. The van der Waals surface area contributed by atoms with Crippen molar-refractivity contribution < 1.29 is 19.7 Å². The smallest absolute Gasteiger partial charge is 0.338 e. The molecular weight excluding hydrogens is 228 g/mol. The topological polar surface area (TPSA) is 66.8 Å². The molecule has 0 saturated heterocycles. The number of thiol groups is 1. The molecule has 16 heavy (non-hydrogen) atoms. The summed E-state index contributed by atoms with van der Waals surface area (Å²) >= 11 is 3.89. The number of methoxy groups -OCH3 is 1. The Morgan fingerprint density at radius 2 is 2.06 bits per heavy atom. The molecule has 2 unspecified atom stereocenters. The molecule has 0 bridgehead atoms. The van der Waals surface area contributed by atoms with E-state index >= 15 is 0 Å². The van der Waals surface area contributed by atoms with Crippen LogP contribution in [0.1, 0.15) is 22.0 Å². The number of carbonyl (C=O) groups is 1. The minimum Gasteiger partial charge on any atom is -0.465 e. The molecule has 0 amide bonds. The lowest BCUT2D eigenvalue weighted by Gasteiger charge is -2.18. The van der Waals surface area contributed by atoms with Gasteiger partial charge in [0.05, 0.1) is 18.8 Å². The summed E-state index contributed by atoms with van der Waals surface area (Å²) < 4.78 is 4.59. The summed E-state index contributed by atoms with van der Waals surface area (Å²) in [6, 6.07) is 6.45. The molecule has 0 heterocycles. The van der Waals surface area contributed by atoms with Crippen LogP contribution in [0.4, 0.5) is 0 Å². The zero-order valence-corrected chi connectivity index (χ0v) is 9.72. The number of rotatable bonds is 4. The third kappa shape index (κ3) is 2.75. The van der Waals surface area contributed by atoms with Crippen LogP contribution in [-0.4, -0.2) is 35.1 Å². The van der Waals surface area contributed by atoms with E-state index in [0.29, 0.717) is 5.56 Å². The van der Waals surface area contributed by atoms with Gasteiger partial charge in [-0.2, -0.15) is 12.6 Å². The Bertz CT molecular complexity index is 367. The fourth-order valence-corrected chi connectivity index (χ4v) is 1.56. The van der Waals surface area contributed by atoms with Gasteiger partial charge in [0.15, 0.2) is 0 Å². The third-order valence-electron chi connectivity index (χ3n) is 2.24. The molecule has 0 aliphatic rings. The van der Waals surface area contributed by atoms with E-state index in [4.69, 9.17) is 0 Å². The van der Waals surface area contributed by atoms with E-state index < -0.39 is 18.2 Å². The summed E-state index contributed by atoms with van der Waals surface area (Å²) in [4.78, 5) is 11.4. The van der Waals surface area contributed by atoms with Crippen LogP contribution in [0.15, 0.2) is 24.3 Å². The first-order valence-electron chi connectivity index (χ1n) is 4.76. The summed E-state index contributed by atoms with van der Waals surface area (Å²) in [6.45, 7) is 0. The number of hydrogen-bond donors (Lipinski definition) is 3. The van der Waals surface area contributed by atoms with E-state index in [2.05, 4.69) is 17.4 Å². The van der Waals surface area contributed by atoms with Gasteiger partial charge in [0.2, 0.25) is 0 Å². The van der Waals surface area contributed by atoms with Crippen LogP contribution in [0.2, 0.25) is 0 Å². The number of aliphatic hydroxyl groups is 2. The van der Waals surface area contributed by atoms with Gasteiger partial charge >= 0.3 is 5.97 Å². The molecular formula is C11H14O4S. The largest absolute Gasteiger partial charge is 0.465 e. The zero-order valence-electron chi connectivity index (χ0n) is 8.83. The van der Waals surface area contributed by atoms with Crippen molar-refractivity contribution in [1.82, 2.24) is 0 Å². The second-order valence-corrected chi connectivity index (χ2v) is 3.64. The SMILES string of the molecule is COC(=O)c1ccccc1C(O)C(O)CS. The van der Waals surface area contributed by atoms with E-state index in [1.54, 1.807) is 18.2 Å². The highest BCUT2D eigenvalue weighted by Gasteiger charge is 2.22. The number of carbonyl (C=O) groups excluding carboxylic acids is 1. The number of esters is 1. The molecule has 0 aliphatic carbocycles. The van der Waals surface area contributed by atoms with Crippen LogP contribution >= 0.6 is 12.6 Å². The molecule has 5 heteroatoms. The monoisotopic (exact) mass is 242 g/mol. The first kappa shape index (κ1) is 13.0. The first-order valence-corrected chi connectivity index (χ1v) is 5.39. The van der Waals surface area contributed by atoms with Crippen molar-refractivity contribution in [2.75, 3.05) is 12.9 Å². The predicted molar refractivity (Wildman–Crippen MR) is 62.6 cm³/mol. The Morgan fingerprint density at radius 3 is 2.62 bits per heavy atom. The van der Waals surface area contributed by atoms with Crippen molar-refractivity contribution in [3.05, 3.63) is 35.4 Å².